The number of rotatable bonds is 5. The number of aromatic nitrogens is 2. The van der Waals surface area contributed by atoms with Crippen LogP contribution in [-0.2, 0) is 19.4 Å². The predicted molar refractivity (Wildman–Crippen MR) is 117 cm³/mol. The lowest BCUT2D eigenvalue weighted by Crippen LogP contribution is -2.28. The largest absolute Gasteiger partial charge is 0.496 e. The summed E-state index contributed by atoms with van der Waals surface area (Å²) in [4.78, 5) is 30.3. The van der Waals surface area contributed by atoms with Crippen molar-refractivity contribution in [3.63, 3.8) is 0 Å². The van der Waals surface area contributed by atoms with E-state index in [1.807, 2.05) is 28.8 Å². The summed E-state index contributed by atoms with van der Waals surface area (Å²) in [6, 6.07) is 13.0. The van der Waals surface area contributed by atoms with Crippen LogP contribution in [0.15, 0.2) is 47.3 Å². The number of benzene rings is 2. The van der Waals surface area contributed by atoms with Gasteiger partial charge in [0.2, 0.25) is 0 Å². The van der Waals surface area contributed by atoms with Crippen LogP contribution >= 0.6 is 0 Å². The van der Waals surface area contributed by atoms with E-state index in [1.165, 1.54) is 6.42 Å². The van der Waals surface area contributed by atoms with Gasteiger partial charge in [-0.3, -0.25) is 14.2 Å². The van der Waals surface area contributed by atoms with Gasteiger partial charge in [0.05, 0.1) is 18.0 Å². The molecule has 1 aliphatic heterocycles. The Labute approximate surface area is 175 Å². The average Bonchev–Trinajstić information content (AvgIpc) is 2.75. The number of nitrogens with zero attached hydrogens (tertiary/aromatic N) is 2. The molecule has 2 heterocycles. The number of carbonyl (C=O) groups is 1. The number of hydrogen-bond acceptors (Lipinski definition) is 4. The first kappa shape index (κ1) is 20.1. The average molecular weight is 405 g/mol. The van der Waals surface area contributed by atoms with Gasteiger partial charge >= 0.3 is 0 Å². The molecule has 0 saturated heterocycles. The van der Waals surface area contributed by atoms with Crippen LogP contribution in [0.4, 0.5) is 0 Å². The van der Waals surface area contributed by atoms with Crippen molar-refractivity contribution >= 4 is 16.8 Å². The van der Waals surface area contributed by atoms with Crippen molar-refractivity contribution in [1.29, 1.82) is 0 Å². The Morgan fingerprint density at radius 3 is 2.83 bits per heavy atom. The van der Waals surface area contributed by atoms with Crippen molar-refractivity contribution in [2.24, 2.45) is 0 Å². The van der Waals surface area contributed by atoms with Gasteiger partial charge in [-0.2, -0.15) is 0 Å². The molecule has 156 valence electrons. The summed E-state index contributed by atoms with van der Waals surface area (Å²) in [7, 11) is 1.64. The van der Waals surface area contributed by atoms with E-state index < -0.39 is 0 Å². The highest BCUT2D eigenvalue weighted by Gasteiger charge is 2.15. The summed E-state index contributed by atoms with van der Waals surface area (Å²) in [5.74, 6) is 1.49. The molecule has 6 heteroatoms. The fourth-order valence-electron chi connectivity index (χ4n) is 4.06. The fraction of sp³-hybridized carbons (Fsp3) is 0.375. The molecule has 2 aromatic carbocycles. The molecule has 1 aliphatic rings. The summed E-state index contributed by atoms with van der Waals surface area (Å²) < 4.78 is 7.17. The maximum absolute atomic E-state index is 12.9. The minimum absolute atomic E-state index is 0.0000285. The van der Waals surface area contributed by atoms with Gasteiger partial charge in [-0.05, 0) is 49.1 Å². The third-order valence-corrected chi connectivity index (χ3v) is 5.70. The molecule has 0 bridgehead atoms. The molecule has 30 heavy (non-hydrogen) atoms. The second-order valence-electron chi connectivity index (χ2n) is 7.70. The van der Waals surface area contributed by atoms with E-state index in [9.17, 15) is 9.59 Å². The first-order valence-electron chi connectivity index (χ1n) is 10.6. The summed E-state index contributed by atoms with van der Waals surface area (Å²) in [6.07, 6.45) is 5.85. The van der Waals surface area contributed by atoms with E-state index in [4.69, 9.17) is 9.72 Å². The van der Waals surface area contributed by atoms with Gasteiger partial charge in [0.25, 0.3) is 11.5 Å². The van der Waals surface area contributed by atoms with E-state index >= 15 is 0 Å². The Hall–Kier alpha value is -3.15. The Bertz CT molecular complexity index is 1120. The van der Waals surface area contributed by atoms with Gasteiger partial charge in [0.1, 0.15) is 11.6 Å². The number of fused-ring (bicyclic) bond motifs is 2. The number of carbonyl (C=O) groups excluding carboxylic acids is 1. The molecule has 0 atom stereocenters. The molecule has 0 radical (unpaired) electrons. The lowest BCUT2D eigenvalue weighted by atomic mass is 10.1. The van der Waals surface area contributed by atoms with Gasteiger partial charge < -0.3 is 10.1 Å². The van der Waals surface area contributed by atoms with Crippen LogP contribution in [0.3, 0.4) is 0 Å². The smallest absolute Gasteiger partial charge is 0.261 e. The van der Waals surface area contributed by atoms with Crippen LogP contribution in [0.1, 0.15) is 47.4 Å². The van der Waals surface area contributed by atoms with E-state index in [-0.39, 0.29) is 11.5 Å². The number of ether oxygens (including phenoxy) is 1. The molecule has 0 saturated carbocycles. The third-order valence-electron chi connectivity index (χ3n) is 5.70. The second kappa shape index (κ2) is 9.11. The maximum Gasteiger partial charge on any atom is 0.261 e. The normalized spacial score (nSPS) is 13.9. The highest BCUT2D eigenvalue weighted by Crippen LogP contribution is 2.18. The zero-order valence-corrected chi connectivity index (χ0v) is 17.3. The number of hydrogen-bond donors (Lipinski definition) is 1. The van der Waals surface area contributed by atoms with Crippen LogP contribution in [0.25, 0.3) is 10.9 Å². The van der Waals surface area contributed by atoms with Gasteiger partial charge in [0, 0.05) is 25.1 Å². The molecule has 1 aromatic heterocycles. The lowest BCUT2D eigenvalue weighted by Gasteiger charge is -2.16. The predicted octanol–water partition coefficient (Wildman–Crippen LogP) is 3.49. The minimum atomic E-state index is -0.166. The van der Waals surface area contributed by atoms with E-state index in [0.29, 0.717) is 29.4 Å². The van der Waals surface area contributed by atoms with Crippen LogP contribution < -0.4 is 15.6 Å². The molecule has 1 N–H and O–H groups in total. The fourth-order valence-corrected chi connectivity index (χ4v) is 4.06. The molecule has 0 fully saturated rings. The molecule has 4 rings (SSSR count). The highest BCUT2D eigenvalue weighted by atomic mass is 16.5. The van der Waals surface area contributed by atoms with Crippen LogP contribution in [-0.4, -0.2) is 29.1 Å². The Kier molecular flexibility index (Phi) is 6.12. The lowest BCUT2D eigenvalue weighted by molar-refractivity contribution is 0.0954. The molecule has 3 aromatic rings. The number of para-hydroxylation sites is 1. The Morgan fingerprint density at radius 2 is 1.97 bits per heavy atom. The molecule has 0 spiro atoms. The summed E-state index contributed by atoms with van der Waals surface area (Å²) >= 11 is 0. The van der Waals surface area contributed by atoms with Crippen molar-refractivity contribution < 1.29 is 9.53 Å². The Balaban J connectivity index is 1.52. The SMILES string of the molecule is COc1ccccc1CCNC(=O)c1ccc2c(=O)n3c(nc2c1)CCCCCC3. The zero-order valence-electron chi connectivity index (χ0n) is 17.3. The number of nitrogens with one attached hydrogen (secondary N) is 1. The standard InChI is InChI=1S/C24H27N3O3/c1-30-21-9-6-5-8-17(21)13-14-25-23(28)18-11-12-19-20(16-18)26-22-10-4-2-3-7-15-27(22)24(19)29/h5-6,8-9,11-12,16H,2-4,7,10,13-15H2,1H3,(H,25,28). The zero-order chi connectivity index (χ0) is 20.9. The number of methoxy groups -OCH3 is 1. The minimum Gasteiger partial charge on any atom is -0.496 e. The van der Waals surface area contributed by atoms with Crippen molar-refractivity contribution in [1.82, 2.24) is 14.9 Å². The summed E-state index contributed by atoms with van der Waals surface area (Å²) in [6.45, 7) is 1.22. The molecule has 1 amide bonds. The van der Waals surface area contributed by atoms with Crippen LogP contribution in [0.2, 0.25) is 0 Å². The van der Waals surface area contributed by atoms with Crippen LogP contribution in [0.5, 0.6) is 5.75 Å². The van der Waals surface area contributed by atoms with E-state index in [0.717, 1.165) is 49.4 Å². The van der Waals surface area contributed by atoms with Crippen molar-refractivity contribution in [2.45, 2.75) is 45.1 Å². The topological polar surface area (TPSA) is 73.2 Å². The summed E-state index contributed by atoms with van der Waals surface area (Å²) in [5.41, 5.74) is 2.17. The second-order valence-corrected chi connectivity index (χ2v) is 7.70. The number of amides is 1. The molecule has 6 nitrogen and oxygen atoms in total. The van der Waals surface area contributed by atoms with Crippen molar-refractivity contribution in [3.8, 4) is 5.75 Å². The number of aryl methyl sites for hydroxylation is 1. The van der Waals surface area contributed by atoms with Gasteiger partial charge in [-0.1, -0.05) is 31.0 Å². The Morgan fingerprint density at radius 1 is 1.13 bits per heavy atom. The quantitative estimate of drug-likeness (QED) is 0.705. The van der Waals surface area contributed by atoms with Gasteiger partial charge in [-0.25, -0.2) is 4.98 Å². The monoisotopic (exact) mass is 405 g/mol. The van der Waals surface area contributed by atoms with Crippen molar-refractivity contribution in [3.05, 3.63) is 69.8 Å². The third kappa shape index (κ3) is 4.22. The van der Waals surface area contributed by atoms with Gasteiger partial charge in [0.15, 0.2) is 0 Å². The molecule has 0 aliphatic carbocycles. The first-order valence-corrected chi connectivity index (χ1v) is 10.6. The molecule has 0 unspecified atom stereocenters. The molecular weight excluding hydrogens is 378 g/mol. The van der Waals surface area contributed by atoms with Crippen LogP contribution in [0, 0.1) is 0 Å². The summed E-state index contributed by atoms with van der Waals surface area (Å²) in [5, 5.41) is 3.53. The first-order chi connectivity index (χ1) is 14.7. The van der Waals surface area contributed by atoms with E-state index in [2.05, 4.69) is 5.32 Å². The highest BCUT2D eigenvalue weighted by molar-refractivity contribution is 5.97. The molecular formula is C24H27N3O3. The van der Waals surface area contributed by atoms with Crippen molar-refractivity contribution in [2.75, 3.05) is 13.7 Å². The van der Waals surface area contributed by atoms with E-state index in [1.54, 1.807) is 25.3 Å². The maximum atomic E-state index is 12.9. The van der Waals surface area contributed by atoms with Gasteiger partial charge in [-0.15, -0.1) is 0 Å².